The lowest BCUT2D eigenvalue weighted by Crippen LogP contribution is -2.25. The first-order valence-corrected chi connectivity index (χ1v) is 8.50. The molecule has 0 atom stereocenters. The van der Waals surface area contributed by atoms with Gasteiger partial charge in [0.15, 0.2) is 0 Å². The van der Waals surface area contributed by atoms with Gasteiger partial charge in [0.1, 0.15) is 0 Å². The van der Waals surface area contributed by atoms with Crippen LogP contribution in [0.3, 0.4) is 0 Å². The Hall–Kier alpha value is -1.02. The molecule has 2 aliphatic rings. The monoisotopic (exact) mass is 272 g/mol. The van der Waals surface area contributed by atoms with Crippen LogP contribution < -0.4 is 10.2 Å². The maximum atomic E-state index is 3.61. The first kappa shape index (κ1) is 13.9. The smallest absolute Gasteiger partial charge is 0.0398 e. The summed E-state index contributed by atoms with van der Waals surface area (Å²) in [5.41, 5.74) is 3.06. The van der Waals surface area contributed by atoms with Gasteiger partial charge < -0.3 is 10.2 Å². The van der Waals surface area contributed by atoms with Crippen molar-refractivity contribution in [2.45, 2.75) is 57.4 Å². The number of nitrogens with zero attached hydrogens (tertiary/aromatic N) is 1. The molecule has 1 saturated carbocycles. The van der Waals surface area contributed by atoms with Gasteiger partial charge in [-0.2, -0.15) is 0 Å². The fourth-order valence-electron chi connectivity index (χ4n) is 3.20. The van der Waals surface area contributed by atoms with Gasteiger partial charge in [-0.1, -0.05) is 24.6 Å². The number of hydrogen-bond acceptors (Lipinski definition) is 2. The van der Waals surface area contributed by atoms with Crippen LogP contribution in [0.4, 0.5) is 5.69 Å². The molecular formula is C18H28N2. The quantitative estimate of drug-likeness (QED) is 0.760. The Kier molecular flexibility index (Phi) is 4.96. The van der Waals surface area contributed by atoms with Crippen molar-refractivity contribution in [3.05, 3.63) is 29.8 Å². The number of para-hydroxylation sites is 1. The third kappa shape index (κ3) is 3.99. The number of fused-ring (bicyclic) bond motifs is 1. The highest BCUT2D eigenvalue weighted by atomic mass is 15.1. The zero-order valence-corrected chi connectivity index (χ0v) is 12.6. The molecule has 0 aromatic heterocycles. The lowest BCUT2D eigenvalue weighted by molar-refractivity contribution is 0.590. The van der Waals surface area contributed by atoms with Crippen LogP contribution in [0.1, 0.15) is 50.5 Å². The minimum atomic E-state index is 0.868. The fraction of sp³-hybridized carbons (Fsp3) is 0.667. The molecule has 1 aromatic rings. The lowest BCUT2D eigenvalue weighted by atomic mass is 10.1. The molecule has 2 heteroatoms. The van der Waals surface area contributed by atoms with E-state index in [-0.39, 0.29) is 0 Å². The summed E-state index contributed by atoms with van der Waals surface area (Å²) in [4.78, 5) is 2.62. The number of rotatable bonds is 7. The molecule has 20 heavy (non-hydrogen) atoms. The van der Waals surface area contributed by atoms with E-state index in [1.807, 2.05) is 0 Å². The zero-order chi connectivity index (χ0) is 13.6. The van der Waals surface area contributed by atoms with Gasteiger partial charge in [0, 0.05) is 24.8 Å². The first-order chi connectivity index (χ1) is 9.93. The highest BCUT2D eigenvalue weighted by Gasteiger charge is 2.19. The molecule has 1 N–H and O–H groups in total. The first-order valence-electron chi connectivity index (χ1n) is 8.50. The number of hydrogen-bond donors (Lipinski definition) is 1. The minimum absolute atomic E-state index is 0.868. The molecule has 3 rings (SSSR count). The van der Waals surface area contributed by atoms with E-state index < -0.39 is 0 Å². The van der Waals surface area contributed by atoms with Crippen LogP contribution in [0, 0.1) is 0 Å². The van der Waals surface area contributed by atoms with Crippen LogP contribution in [-0.4, -0.2) is 25.7 Å². The fourth-order valence-corrected chi connectivity index (χ4v) is 3.20. The summed E-state index contributed by atoms with van der Waals surface area (Å²) in [7, 11) is 0. The summed E-state index contributed by atoms with van der Waals surface area (Å²) in [6.45, 7) is 3.71. The van der Waals surface area contributed by atoms with E-state index in [2.05, 4.69) is 34.5 Å². The maximum absolute atomic E-state index is 3.61. The van der Waals surface area contributed by atoms with Crippen LogP contribution in [0.5, 0.6) is 0 Å². The summed E-state index contributed by atoms with van der Waals surface area (Å²) >= 11 is 0. The Morgan fingerprint density at radius 1 is 1.05 bits per heavy atom. The molecule has 0 radical (unpaired) electrons. The molecule has 0 bridgehead atoms. The van der Waals surface area contributed by atoms with Gasteiger partial charge in [0.25, 0.3) is 0 Å². The van der Waals surface area contributed by atoms with Crippen LogP contribution >= 0.6 is 0 Å². The number of anilines is 1. The number of aryl methyl sites for hydroxylation is 1. The minimum Gasteiger partial charge on any atom is -0.371 e. The molecular weight excluding hydrogens is 244 g/mol. The van der Waals surface area contributed by atoms with Crippen molar-refractivity contribution in [3.63, 3.8) is 0 Å². The van der Waals surface area contributed by atoms with Crippen molar-refractivity contribution in [2.75, 3.05) is 24.5 Å². The SMILES string of the molecule is c1ccc2c(c1)CCCCN2CCCCCNC1CC1. The molecule has 1 fully saturated rings. The van der Waals surface area contributed by atoms with Gasteiger partial charge in [0.2, 0.25) is 0 Å². The molecule has 0 saturated heterocycles. The topological polar surface area (TPSA) is 15.3 Å². The molecule has 1 aliphatic heterocycles. The van der Waals surface area contributed by atoms with E-state index in [4.69, 9.17) is 0 Å². The molecule has 110 valence electrons. The van der Waals surface area contributed by atoms with Crippen LogP contribution in [0.15, 0.2) is 24.3 Å². The van der Waals surface area contributed by atoms with Crippen LogP contribution in [-0.2, 0) is 6.42 Å². The van der Waals surface area contributed by atoms with E-state index in [9.17, 15) is 0 Å². The summed E-state index contributed by atoms with van der Waals surface area (Å²) in [6, 6.07) is 9.87. The zero-order valence-electron chi connectivity index (χ0n) is 12.6. The van der Waals surface area contributed by atoms with E-state index in [0.717, 1.165) is 6.04 Å². The average Bonchev–Trinajstić information content (AvgIpc) is 3.30. The number of benzene rings is 1. The predicted octanol–water partition coefficient (Wildman–Crippen LogP) is 3.75. The largest absolute Gasteiger partial charge is 0.371 e. The van der Waals surface area contributed by atoms with E-state index in [0.29, 0.717) is 0 Å². The van der Waals surface area contributed by atoms with Crippen LogP contribution in [0.2, 0.25) is 0 Å². The Labute approximate surface area is 123 Å². The van der Waals surface area contributed by atoms with E-state index >= 15 is 0 Å². The summed E-state index contributed by atoms with van der Waals surface area (Å²) < 4.78 is 0. The normalized spacial score (nSPS) is 18.7. The molecule has 0 spiro atoms. The van der Waals surface area contributed by atoms with Crippen molar-refractivity contribution in [2.24, 2.45) is 0 Å². The van der Waals surface area contributed by atoms with Gasteiger partial charge in [-0.05, 0) is 63.1 Å². The van der Waals surface area contributed by atoms with Crippen molar-refractivity contribution < 1.29 is 0 Å². The third-order valence-electron chi connectivity index (χ3n) is 4.57. The molecule has 2 nitrogen and oxygen atoms in total. The highest BCUT2D eigenvalue weighted by molar-refractivity contribution is 5.54. The summed E-state index contributed by atoms with van der Waals surface area (Å²) in [5.74, 6) is 0. The van der Waals surface area contributed by atoms with Gasteiger partial charge in [-0.25, -0.2) is 0 Å². The van der Waals surface area contributed by atoms with E-state index in [1.165, 1.54) is 76.7 Å². The second-order valence-electron chi connectivity index (χ2n) is 6.36. The molecule has 0 unspecified atom stereocenters. The maximum Gasteiger partial charge on any atom is 0.0398 e. The van der Waals surface area contributed by atoms with Gasteiger partial charge in [-0.3, -0.25) is 0 Å². The van der Waals surface area contributed by atoms with Gasteiger partial charge >= 0.3 is 0 Å². The number of nitrogens with one attached hydrogen (secondary N) is 1. The average molecular weight is 272 g/mol. The molecule has 0 amide bonds. The van der Waals surface area contributed by atoms with E-state index in [1.54, 1.807) is 5.56 Å². The Morgan fingerprint density at radius 3 is 2.85 bits per heavy atom. The Bertz CT molecular complexity index is 412. The summed E-state index contributed by atoms with van der Waals surface area (Å²) in [6.07, 6.45) is 10.8. The molecule has 1 heterocycles. The van der Waals surface area contributed by atoms with Gasteiger partial charge in [0.05, 0.1) is 0 Å². The Balaban J connectivity index is 1.42. The predicted molar refractivity (Wildman–Crippen MR) is 86.5 cm³/mol. The molecule has 1 aliphatic carbocycles. The van der Waals surface area contributed by atoms with Crippen molar-refractivity contribution in [1.29, 1.82) is 0 Å². The van der Waals surface area contributed by atoms with Crippen molar-refractivity contribution >= 4 is 5.69 Å². The number of unbranched alkanes of at least 4 members (excludes halogenated alkanes) is 2. The van der Waals surface area contributed by atoms with Gasteiger partial charge in [-0.15, -0.1) is 0 Å². The van der Waals surface area contributed by atoms with Crippen LogP contribution in [0.25, 0.3) is 0 Å². The summed E-state index contributed by atoms with van der Waals surface area (Å²) in [5, 5.41) is 3.61. The molecule has 1 aromatic carbocycles. The van der Waals surface area contributed by atoms with Crippen molar-refractivity contribution in [1.82, 2.24) is 5.32 Å². The van der Waals surface area contributed by atoms with Crippen molar-refractivity contribution in [3.8, 4) is 0 Å². The second kappa shape index (κ2) is 7.12. The Morgan fingerprint density at radius 2 is 1.95 bits per heavy atom. The standard InChI is InChI=1S/C18H28N2/c1(5-13-19-17-11-12-17)6-14-20-15-7-4-9-16-8-2-3-10-18(16)20/h2-3,8,10,17,19H,1,4-7,9,11-15H2. The highest BCUT2D eigenvalue weighted by Crippen LogP contribution is 2.26. The lowest BCUT2D eigenvalue weighted by Gasteiger charge is -2.25. The second-order valence-corrected chi connectivity index (χ2v) is 6.36. The third-order valence-corrected chi connectivity index (χ3v) is 4.57.